The van der Waals surface area contributed by atoms with Gasteiger partial charge in [0.25, 0.3) is 0 Å². The van der Waals surface area contributed by atoms with Crippen LogP contribution in [0, 0.1) is 18.3 Å². The third-order valence-electron chi connectivity index (χ3n) is 6.84. The predicted octanol–water partition coefficient (Wildman–Crippen LogP) is 11.0. The number of terminal acetylenes is 1. The van der Waals surface area contributed by atoms with Crippen LogP contribution >= 0.6 is 0 Å². The lowest BCUT2D eigenvalue weighted by atomic mass is 9.91. The summed E-state index contributed by atoms with van der Waals surface area (Å²) in [5.74, 6) is 3.75. The molecule has 0 aliphatic heterocycles. The van der Waals surface area contributed by atoms with Gasteiger partial charge in [0.15, 0.2) is 0 Å². The molecule has 0 nitrogen and oxygen atoms in total. The predicted molar refractivity (Wildman–Crippen MR) is 139 cm³/mol. The molecule has 0 amide bonds. The molecule has 0 aromatic heterocycles. The lowest BCUT2D eigenvalue weighted by Gasteiger charge is -2.14. The van der Waals surface area contributed by atoms with Crippen LogP contribution in [0.1, 0.15) is 174 Å². The first kappa shape index (κ1) is 29.6. The van der Waals surface area contributed by atoms with Gasteiger partial charge in [0.2, 0.25) is 0 Å². The molecule has 0 heteroatoms. The molecule has 0 saturated heterocycles. The quantitative estimate of drug-likeness (QED) is 0.102. The van der Waals surface area contributed by atoms with Crippen molar-refractivity contribution < 1.29 is 0 Å². The number of unbranched alkanes of at least 4 members (excludes halogenated alkanes) is 20. The molecule has 0 N–H and O–H groups in total. The van der Waals surface area contributed by atoms with E-state index in [-0.39, 0.29) is 0 Å². The summed E-state index contributed by atoms with van der Waals surface area (Å²) in [6, 6.07) is 0. The van der Waals surface area contributed by atoms with E-state index in [1.54, 1.807) is 0 Å². The minimum absolute atomic E-state index is 0.798. The largest absolute Gasteiger partial charge is 0.120 e. The SMILES string of the molecule is C#CCC(CCCCCCCCCCCC)CCCCCCCCCCCCCC. The van der Waals surface area contributed by atoms with E-state index in [9.17, 15) is 0 Å². The number of hydrogen-bond donors (Lipinski definition) is 0. The van der Waals surface area contributed by atoms with Crippen molar-refractivity contribution in [1.82, 2.24) is 0 Å². The van der Waals surface area contributed by atoms with Gasteiger partial charge in [-0.05, 0) is 18.8 Å². The molecule has 30 heavy (non-hydrogen) atoms. The van der Waals surface area contributed by atoms with E-state index in [1.807, 2.05) is 0 Å². The Balaban J connectivity index is 3.41. The van der Waals surface area contributed by atoms with E-state index < -0.39 is 0 Å². The molecule has 0 fully saturated rings. The van der Waals surface area contributed by atoms with Crippen molar-refractivity contribution in [2.45, 2.75) is 174 Å². The minimum Gasteiger partial charge on any atom is -0.120 e. The van der Waals surface area contributed by atoms with Crippen LogP contribution < -0.4 is 0 Å². The Morgan fingerprint density at radius 2 is 0.700 bits per heavy atom. The summed E-state index contributed by atoms with van der Waals surface area (Å²) in [4.78, 5) is 0. The van der Waals surface area contributed by atoms with Gasteiger partial charge in [0.1, 0.15) is 0 Å². The van der Waals surface area contributed by atoms with Crippen molar-refractivity contribution in [3.8, 4) is 12.3 Å². The summed E-state index contributed by atoms with van der Waals surface area (Å²) in [7, 11) is 0. The van der Waals surface area contributed by atoms with Crippen molar-refractivity contribution in [2.75, 3.05) is 0 Å². The molecule has 0 spiro atoms. The van der Waals surface area contributed by atoms with Crippen molar-refractivity contribution in [3.63, 3.8) is 0 Å². The van der Waals surface area contributed by atoms with Gasteiger partial charge in [0, 0.05) is 6.42 Å². The fraction of sp³-hybridized carbons (Fsp3) is 0.933. The van der Waals surface area contributed by atoms with E-state index in [2.05, 4.69) is 19.8 Å². The zero-order chi connectivity index (χ0) is 22.0. The summed E-state index contributed by atoms with van der Waals surface area (Å²) >= 11 is 0. The van der Waals surface area contributed by atoms with Crippen LogP contribution in [0.3, 0.4) is 0 Å². The minimum atomic E-state index is 0.798. The van der Waals surface area contributed by atoms with Crippen molar-refractivity contribution in [2.24, 2.45) is 5.92 Å². The lowest BCUT2D eigenvalue weighted by molar-refractivity contribution is 0.409. The molecule has 0 saturated carbocycles. The van der Waals surface area contributed by atoms with Crippen molar-refractivity contribution in [3.05, 3.63) is 0 Å². The van der Waals surface area contributed by atoms with Gasteiger partial charge in [-0.15, -0.1) is 12.3 Å². The second kappa shape index (κ2) is 26.6. The smallest absolute Gasteiger partial charge is 0.0114 e. The van der Waals surface area contributed by atoms with Crippen molar-refractivity contribution >= 4 is 0 Å². The highest BCUT2D eigenvalue weighted by atomic mass is 14.1. The summed E-state index contributed by atoms with van der Waals surface area (Å²) < 4.78 is 0. The van der Waals surface area contributed by atoms with E-state index in [1.165, 1.54) is 154 Å². The molecule has 1 unspecified atom stereocenters. The summed E-state index contributed by atoms with van der Waals surface area (Å²) in [6.07, 6.45) is 41.0. The molecule has 178 valence electrons. The first-order valence-corrected chi connectivity index (χ1v) is 14.3. The van der Waals surface area contributed by atoms with Crippen LogP contribution in [0.2, 0.25) is 0 Å². The maximum absolute atomic E-state index is 5.64. The first-order valence-electron chi connectivity index (χ1n) is 14.3. The molecule has 0 bridgehead atoms. The summed E-state index contributed by atoms with van der Waals surface area (Å²) in [5.41, 5.74) is 0. The monoisotopic (exact) mass is 418 g/mol. The standard InChI is InChI=1S/C30H58/c1-4-7-9-11-13-15-17-18-20-22-24-26-29-30(27-6-3)28-25-23-21-19-16-14-12-10-8-5-2/h3,30H,4-5,7-29H2,1-2H3. The average Bonchev–Trinajstić information content (AvgIpc) is 2.75. The van der Waals surface area contributed by atoms with Crippen LogP contribution in [0.4, 0.5) is 0 Å². The molecule has 0 aliphatic rings. The fourth-order valence-corrected chi connectivity index (χ4v) is 4.71. The van der Waals surface area contributed by atoms with Crippen LogP contribution in [0.15, 0.2) is 0 Å². The Kier molecular flexibility index (Phi) is 26.2. The highest BCUT2D eigenvalue weighted by molar-refractivity contribution is 4.86. The highest BCUT2D eigenvalue weighted by Crippen LogP contribution is 2.22. The van der Waals surface area contributed by atoms with Gasteiger partial charge in [0.05, 0.1) is 0 Å². The van der Waals surface area contributed by atoms with Crippen LogP contribution in [-0.4, -0.2) is 0 Å². The van der Waals surface area contributed by atoms with E-state index in [0.717, 1.165) is 12.3 Å². The Labute approximate surface area is 192 Å². The Bertz CT molecular complexity index is 336. The van der Waals surface area contributed by atoms with Crippen molar-refractivity contribution in [1.29, 1.82) is 0 Å². The lowest BCUT2D eigenvalue weighted by Crippen LogP contribution is -2.00. The molecule has 0 aromatic carbocycles. The fourth-order valence-electron chi connectivity index (χ4n) is 4.71. The Morgan fingerprint density at radius 1 is 0.433 bits per heavy atom. The number of rotatable bonds is 25. The zero-order valence-corrected chi connectivity index (χ0v) is 21.3. The topological polar surface area (TPSA) is 0 Å². The van der Waals surface area contributed by atoms with Crippen LogP contribution in [-0.2, 0) is 0 Å². The maximum atomic E-state index is 5.64. The molecule has 0 radical (unpaired) electrons. The summed E-state index contributed by atoms with van der Waals surface area (Å²) in [6.45, 7) is 4.60. The molecular formula is C30H58. The number of hydrogen-bond acceptors (Lipinski definition) is 0. The van der Waals surface area contributed by atoms with Gasteiger partial charge in [-0.25, -0.2) is 0 Å². The Morgan fingerprint density at radius 3 is 0.967 bits per heavy atom. The van der Waals surface area contributed by atoms with Gasteiger partial charge >= 0.3 is 0 Å². The second-order valence-electron chi connectivity index (χ2n) is 9.92. The third-order valence-corrected chi connectivity index (χ3v) is 6.84. The van der Waals surface area contributed by atoms with Crippen LogP contribution in [0.5, 0.6) is 0 Å². The summed E-state index contributed by atoms with van der Waals surface area (Å²) in [5, 5.41) is 0. The molecule has 0 rings (SSSR count). The normalized spacial score (nSPS) is 12.2. The van der Waals surface area contributed by atoms with Gasteiger partial charge in [-0.3, -0.25) is 0 Å². The van der Waals surface area contributed by atoms with Gasteiger partial charge in [-0.1, -0.05) is 155 Å². The van der Waals surface area contributed by atoms with Crippen LogP contribution in [0.25, 0.3) is 0 Å². The van der Waals surface area contributed by atoms with Gasteiger partial charge in [-0.2, -0.15) is 0 Å². The third kappa shape index (κ3) is 23.8. The van der Waals surface area contributed by atoms with E-state index in [4.69, 9.17) is 6.42 Å². The zero-order valence-electron chi connectivity index (χ0n) is 21.3. The molecule has 0 heterocycles. The molecular weight excluding hydrogens is 360 g/mol. The molecule has 0 aromatic rings. The van der Waals surface area contributed by atoms with E-state index in [0.29, 0.717) is 0 Å². The van der Waals surface area contributed by atoms with Gasteiger partial charge < -0.3 is 0 Å². The Hall–Kier alpha value is -0.440. The van der Waals surface area contributed by atoms with E-state index >= 15 is 0 Å². The average molecular weight is 419 g/mol. The molecule has 0 aliphatic carbocycles. The second-order valence-corrected chi connectivity index (χ2v) is 9.92. The first-order chi connectivity index (χ1) is 14.8. The maximum Gasteiger partial charge on any atom is 0.0114 e. The molecule has 1 atom stereocenters. The highest BCUT2D eigenvalue weighted by Gasteiger charge is 2.07.